The molecule has 0 bridgehead atoms. The van der Waals surface area contributed by atoms with Gasteiger partial charge in [0.2, 0.25) is 0 Å². The molecule has 6 heteroatoms. The second-order valence-corrected chi connectivity index (χ2v) is 6.92. The van der Waals surface area contributed by atoms with Crippen LogP contribution < -0.4 is 5.56 Å². The summed E-state index contributed by atoms with van der Waals surface area (Å²) in [6, 6.07) is 14.1. The Morgan fingerprint density at radius 3 is 2.69 bits per heavy atom. The van der Waals surface area contributed by atoms with E-state index in [0.29, 0.717) is 22.5 Å². The van der Waals surface area contributed by atoms with E-state index < -0.39 is 5.97 Å². The Morgan fingerprint density at radius 1 is 1.19 bits per heavy atom. The summed E-state index contributed by atoms with van der Waals surface area (Å²) >= 11 is 1.41. The molecule has 0 amide bonds. The molecule has 0 spiro atoms. The zero-order valence-electron chi connectivity index (χ0n) is 14.1. The number of carbonyl (C=O) groups is 1. The molecule has 4 rings (SSSR count). The Morgan fingerprint density at radius 2 is 1.96 bits per heavy atom. The van der Waals surface area contributed by atoms with Crippen LogP contribution in [0.5, 0.6) is 0 Å². The molecule has 0 fully saturated rings. The number of carboxylic acids is 1. The normalized spacial score (nSPS) is 11.3. The first-order chi connectivity index (χ1) is 12.6. The molecule has 1 N–H and O–H groups in total. The van der Waals surface area contributed by atoms with Crippen LogP contribution in [0.15, 0.2) is 52.6 Å². The lowest BCUT2D eigenvalue weighted by Gasteiger charge is -2.09. The van der Waals surface area contributed by atoms with Crippen molar-refractivity contribution in [3.05, 3.63) is 64.0 Å². The molecule has 0 radical (unpaired) electrons. The summed E-state index contributed by atoms with van der Waals surface area (Å²) in [6.07, 6.45) is 0.502. The van der Waals surface area contributed by atoms with Gasteiger partial charge in [-0.25, -0.2) is 4.98 Å². The molecule has 0 saturated carbocycles. The van der Waals surface area contributed by atoms with Crippen molar-refractivity contribution < 1.29 is 9.90 Å². The largest absolute Gasteiger partial charge is 0.480 e. The minimum absolute atomic E-state index is 0.293. The average molecular weight is 364 g/mol. The molecular weight excluding hydrogens is 348 g/mol. The number of aromatic nitrogens is 2. The summed E-state index contributed by atoms with van der Waals surface area (Å²) in [5.74, 6) is -0.553. The molecule has 2 heterocycles. The molecule has 0 aliphatic heterocycles. The van der Waals surface area contributed by atoms with Crippen molar-refractivity contribution in [2.24, 2.45) is 0 Å². The number of nitrogens with zero attached hydrogens (tertiary/aromatic N) is 2. The molecule has 2 aromatic carbocycles. The highest BCUT2D eigenvalue weighted by Crippen LogP contribution is 2.32. The van der Waals surface area contributed by atoms with E-state index in [0.717, 1.165) is 21.9 Å². The van der Waals surface area contributed by atoms with Crippen molar-refractivity contribution in [3.63, 3.8) is 0 Å². The number of hydrogen-bond acceptors (Lipinski definition) is 4. The van der Waals surface area contributed by atoms with Gasteiger partial charge in [-0.05, 0) is 22.4 Å². The number of benzene rings is 2. The Balaban J connectivity index is 1.98. The predicted molar refractivity (Wildman–Crippen MR) is 104 cm³/mol. The molecule has 130 valence electrons. The fourth-order valence-corrected chi connectivity index (χ4v) is 4.16. The maximum Gasteiger partial charge on any atom is 0.323 e. The molecular formula is C20H16N2O3S. The zero-order chi connectivity index (χ0) is 18.3. The summed E-state index contributed by atoms with van der Waals surface area (Å²) in [6.45, 7) is 1.49. The van der Waals surface area contributed by atoms with Crippen LogP contribution in [0, 0.1) is 0 Å². The fraction of sp³-hybridized carbons (Fsp3) is 0.150. The second kappa shape index (κ2) is 6.38. The van der Waals surface area contributed by atoms with E-state index in [2.05, 4.69) is 4.98 Å². The third-order valence-electron chi connectivity index (χ3n) is 4.44. The van der Waals surface area contributed by atoms with E-state index in [-0.39, 0.29) is 12.1 Å². The van der Waals surface area contributed by atoms with Crippen molar-refractivity contribution in [3.8, 4) is 11.1 Å². The number of thiophene rings is 1. The van der Waals surface area contributed by atoms with Crippen LogP contribution in [0.4, 0.5) is 0 Å². The first-order valence-electron chi connectivity index (χ1n) is 8.30. The quantitative estimate of drug-likeness (QED) is 0.596. The summed E-state index contributed by atoms with van der Waals surface area (Å²) in [5.41, 5.74) is 1.44. The SMILES string of the molecule is CCc1nc2scc(-c3ccc4ccccc4c3)c2c(=O)n1CC(=O)O. The van der Waals surface area contributed by atoms with E-state index in [1.54, 1.807) is 0 Å². The van der Waals surface area contributed by atoms with E-state index in [4.69, 9.17) is 5.11 Å². The van der Waals surface area contributed by atoms with Gasteiger partial charge in [0, 0.05) is 17.4 Å². The number of fused-ring (bicyclic) bond motifs is 2. The van der Waals surface area contributed by atoms with Crippen molar-refractivity contribution >= 4 is 38.3 Å². The Hall–Kier alpha value is -2.99. The lowest BCUT2D eigenvalue weighted by Crippen LogP contribution is -2.28. The number of rotatable bonds is 4. The van der Waals surface area contributed by atoms with E-state index in [1.165, 1.54) is 15.9 Å². The van der Waals surface area contributed by atoms with Gasteiger partial charge in [-0.2, -0.15) is 0 Å². The summed E-state index contributed by atoms with van der Waals surface area (Å²) in [7, 11) is 0. The highest BCUT2D eigenvalue weighted by molar-refractivity contribution is 7.17. The Kier molecular flexibility index (Phi) is 4.05. The molecule has 2 aromatic heterocycles. The first-order valence-corrected chi connectivity index (χ1v) is 9.18. The molecule has 5 nitrogen and oxygen atoms in total. The van der Waals surface area contributed by atoms with Crippen LogP contribution in [0.1, 0.15) is 12.7 Å². The zero-order valence-corrected chi connectivity index (χ0v) is 14.9. The Bertz CT molecular complexity index is 1210. The summed E-state index contributed by atoms with van der Waals surface area (Å²) in [5, 5.41) is 13.8. The second-order valence-electron chi connectivity index (χ2n) is 6.06. The average Bonchev–Trinajstić information content (AvgIpc) is 3.07. The third kappa shape index (κ3) is 2.68. The third-order valence-corrected chi connectivity index (χ3v) is 5.32. The van der Waals surface area contributed by atoms with Crippen LogP contribution in [0.2, 0.25) is 0 Å². The van der Waals surface area contributed by atoms with Gasteiger partial charge in [0.05, 0.1) is 5.39 Å². The van der Waals surface area contributed by atoms with E-state index in [1.807, 2.05) is 54.8 Å². The van der Waals surface area contributed by atoms with Gasteiger partial charge >= 0.3 is 5.97 Å². The predicted octanol–water partition coefficient (Wildman–Crippen LogP) is 3.93. The molecule has 26 heavy (non-hydrogen) atoms. The fourth-order valence-electron chi connectivity index (χ4n) is 3.20. The topological polar surface area (TPSA) is 72.2 Å². The smallest absolute Gasteiger partial charge is 0.323 e. The standard InChI is InChI=1S/C20H16N2O3S/c1-2-16-21-19-18(20(25)22(16)10-17(23)24)15(11-26-19)14-8-7-12-5-3-4-6-13(12)9-14/h3-9,11H,2,10H2,1H3,(H,23,24). The highest BCUT2D eigenvalue weighted by atomic mass is 32.1. The minimum atomic E-state index is -1.05. The molecule has 0 unspecified atom stereocenters. The van der Waals surface area contributed by atoms with Crippen LogP contribution in [0.3, 0.4) is 0 Å². The molecule has 4 aromatic rings. The molecule has 0 aliphatic rings. The van der Waals surface area contributed by atoms with Crippen LogP contribution in [0.25, 0.3) is 32.1 Å². The number of hydrogen-bond donors (Lipinski definition) is 1. The number of aryl methyl sites for hydroxylation is 1. The van der Waals surface area contributed by atoms with Crippen molar-refractivity contribution in [1.29, 1.82) is 0 Å². The van der Waals surface area contributed by atoms with Gasteiger partial charge in [0.15, 0.2) is 0 Å². The highest BCUT2D eigenvalue weighted by Gasteiger charge is 2.17. The molecule has 0 saturated heterocycles. The van der Waals surface area contributed by atoms with Crippen molar-refractivity contribution in [2.75, 3.05) is 0 Å². The molecule has 0 atom stereocenters. The summed E-state index contributed by atoms with van der Waals surface area (Å²) in [4.78, 5) is 29.4. The number of aliphatic carboxylic acids is 1. The van der Waals surface area contributed by atoms with Gasteiger partial charge in [-0.3, -0.25) is 14.2 Å². The lowest BCUT2D eigenvalue weighted by molar-refractivity contribution is -0.137. The Labute approximate surface area is 153 Å². The monoisotopic (exact) mass is 364 g/mol. The summed E-state index contributed by atoms with van der Waals surface area (Å²) < 4.78 is 1.27. The van der Waals surface area contributed by atoms with Gasteiger partial charge < -0.3 is 5.11 Å². The maximum absolute atomic E-state index is 13.0. The molecule has 0 aliphatic carbocycles. The number of carboxylic acid groups (broad SMARTS) is 1. The minimum Gasteiger partial charge on any atom is -0.480 e. The van der Waals surface area contributed by atoms with Gasteiger partial charge in [-0.1, -0.05) is 43.3 Å². The van der Waals surface area contributed by atoms with Crippen LogP contribution in [-0.2, 0) is 17.8 Å². The van der Waals surface area contributed by atoms with Gasteiger partial charge in [0.25, 0.3) is 5.56 Å². The maximum atomic E-state index is 13.0. The lowest BCUT2D eigenvalue weighted by atomic mass is 10.0. The first kappa shape index (κ1) is 16.5. The van der Waals surface area contributed by atoms with Crippen molar-refractivity contribution in [2.45, 2.75) is 19.9 Å². The van der Waals surface area contributed by atoms with E-state index >= 15 is 0 Å². The van der Waals surface area contributed by atoms with Gasteiger partial charge in [0.1, 0.15) is 17.2 Å². The van der Waals surface area contributed by atoms with E-state index in [9.17, 15) is 9.59 Å². The van der Waals surface area contributed by atoms with Crippen LogP contribution >= 0.6 is 11.3 Å². The van der Waals surface area contributed by atoms with Crippen molar-refractivity contribution in [1.82, 2.24) is 9.55 Å². The van der Waals surface area contributed by atoms with Crippen LogP contribution in [-0.4, -0.2) is 20.6 Å². The van der Waals surface area contributed by atoms with Gasteiger partial charge in [-0.15, -0.1) is 11.3 Å².